The van der Waals surface area contributed by atoms with Gasteiger partial charge in [-0.3, -0.25) is 9.59 Å². The maximum atomic E-state index is 12.1. The van der Waals surface area contributed by atoms with Crippen LogP contribution in [0.4, 0.5) is 5.69 Å². The lowest BCUT2D eigenvalue weighted by Gasteiger charge is -2.10. The van der Waals surface area contributed by atoms with Crippen molar-refractivity contribution >= 4 is 35.2 Å². The average Bonchev–Trinajstić information content (AvgIpc) is 2.65. The number of rotatable bonds is 8. The van der Waals surface area contributed by atoms with Crippen molar-refractivity contribution in [3.05, 3.63) is 53.1 Å². The molecule has 0 atom stereocenters. The van der Waals surface area contributed by atoms with Gasteiger partial charge < -0.3 is 25.3 Å². The molecule has 7 nitrogen and oxygen atoms in total. The number of hydrogen-bond donors (Lipinski definition) is 2. The third-order valence-corrected chi connectivity index (χ3v) is 3.67. The van der Waals surface area contributed by atoms with Crippen LogP contribution in [0, 0.1) is 0 Å². The van der Waals surface area contributed by atoms with E-state index in [0.29, 0.717) is 33.5 Å². The van der Waals surface area contributed by atoms with E-state index in [1.54, 1.807) is 42.5 Å². The molecule has 0 heterocycles. The molecular formula is C19H19ClN2O5. The molecule has 0 aliphatic heterocycles. The lowest BCUT2D eigenvalue weighted by molar-refractivity contribution is -0.120. The Hall–Kier alpha value is -3.19. The van der Waals surface area contributed by atoms with Crippen LogP contribution in [-0.2, 0) is 9.59 Å². The molecule has 3 N–H and O–H groups in total. The summed E-state index contributed by atoms with van der Waals surface area (Å²) in [6.45, 7) is -0.206. The molecule has 2 amide bonds. The molecule has 27 heavy (non-hydrogen) atoms. The van der Waals surface area contributed by atoms with Gasteiger partial charge in [0.15, 0.2) is 18.1 Å². The number of ether oxygens (including phenoxy) is 3. The Morgan fingerprint density at radius 1 is 1.15 bits per heavy atom. The second-order valence-corrected chi connectivity index (χ2v) is 5.75. The second kappa shape index (κ2) is 9.49. The standard InChI is InChI=1S/C19H19ClN2O5/c1-25-16-10-12(9-15(20)19(16)26-2)3-8-18(24)22-13-4-6-14(7-5-13)27-11-17(21)23/h3-10H,11H2,1-2H3,(H2,21,23)(H,22,24)/b8-3+. The highest BCUT2D eigenvalue weighted by Gasteiger charge is 2.10. The lowest BCUT2D eigenvalue weighted by Crippen LogP contribution is -2.20. The topological polar surface area (TPSA) is 99.9 Å². The number of primary amides is 1. The van der Waals surface area contributed by atoms with Gasteiger partial charge in [-0.25, -0.2) is 0 Å². The first-order valence-corrected chi connectivity index (χ1v) is 8.22. The Balaban J connectivity index is 2.01. The fourth-order valence-electron chi connectivity index (χ4n) is 2.18. The van der Waals surface area contributed by atoms with E-state index in [9.17, 15) is 9.59 Å². The predicted octanol–water partition coefficient (Wildman–Crippen LogP) is 2.87. The van der Waals surface area contributed by atoms with Gasteiger partial charge in [0.25, 0.3) is 5.91 Å². The molecule has 0 aromatic heterocycles. The van der Waals surface area contributed by atoms with E-state index >= 15 is 0 Å². The van der Waals surface area contributed by atoms with E-state index in [2.05, 4.69) is 5.32 Å². The number of methoxy groups -OCH3 is 2. The molecule has 0 saturated carbocycles. The number of anilines is 1. The Morgan fingerprint density at radius 2 is 1.85 bits per heavy atom. The zero-order valence-electron chi connectivity index (χ0n) is 14.8. The number of carbonyl (C=O) groups is 2. The zero-order valence-corrected chi connectivity index (χ0v) is 15.6. The van der Waals surface area contributed by atoms with Crippen LogP contribution in [-0.4, -0.2) is 32.6 Å². The first-order valence-electron chi connectivity index (χ1n) is 7.84. The van der Waals surface area contributed by atoms with E-state index in [1.807, 2.05) is 0 Å². The summed E-state index contributed by atoms with van der Waals surface area (Å²) in [5.74, 6) is 0.484. The van der Waals surface area contributed by atoms with E-state index in [-0.39, 0.29) is 12.5 Å². The summed E-state index contributed by atoms with van der Waals surface area (Å²) in [5.41, 5.74) is 6.26. The minimum atomic E-state index is -0.562. The Labute approximate surface area is 161 Å². The quantitative estimate of drug-likeness (QED) is 0.675. The Bertz CT molecular complexity index is 850. The number of benzene rings is 2. The monoisotopic (exact) mass is 390 g/mol. The van der Waals surface area contributed by atoms with Crippen LogP contribution in [0.3, 0.4) is 0 Å². The molecule has 0 saturated heterocycles. The molecule has 0 spiro atoms. The smallest absolute Gasteiger partial charge is 0.255 e. The van der Waals surface area contributed by atoms with Crippen LogP contribution in [0.1, 0.15) is 5.56 Å². The molecule has 0 radical (unpaired) electrons. The van der Waals surface area contributed by atoms with Crippen molar-refractivity contribution in [1.29, 1.82) is 0 Å². The summed E-state index contributed by atoms with van der Waals surface area (Å²) in [6, 6.07) is 9.91. The van der Waals surface area contributed by atoms with Gasteiger partial charge in [-0.05, 0) is 48.0 Å². The fraction of sp³-hybridized carbons (Fsp3) is 0.158. The van der Waals surface area contributed by atoms with E-state index in [1.165, 1.54) is 20.3 Å². The molecule has 2 aromatic carbocycles. The highest BCUT2D eigenvalue weighted by atomic mass is 35.5. The van der Waals surface area contributed by atoms with Crippen LogP contribution in [0.5, 0.6) is 17.2 Å². The number of hydrogen-bond acceptors (Lipinski definition) is 5. The maximum Gasteiger partial charge on any atom is 0.255 e. The van der Waals surface area contributed by atoms with Crippen molar-refractivity contribution in [2.45, 2.75) is 0 Å². The number of halogens is 1. The van der Waals surface area contributed by atoms with Crippen molar-refractivity contribution in [2.75, 3.05) is 26.1 Å². The molecule has 2 aromatic rings. The molecule has 0 aliphatic carbocycles. The zero-order chi connectivity index (χ0) is 19.8. The largest absolute Gasteiger partial charge is 0.493 e. The van der Waals surface area contributed by atoms with Gasteiger partial charge in [0.1, 0.15) is 5.75 Å². The third-order valence-electron chi connectivity index (χ3n) is 3.39. The van der Waals surface area contributed by atoms with Gasteiger partial charge >= 0.3 is 0 Å². The molecule has 0 bridgehead atoms. The molecule has 0 unspecified atom stereocenters. The van der Waals surface area contributed by atoms with Crippen molar-refractivity contribution in [3.8, 4) is 17.2 Å². The number of amides is 2. The van der Waals surface area contributed by atoms with Crippen molar-refractivity contribution < 1.29 is 23.8 Å². The highest BCUT2D eigenvalue weighted by Crippen LogP contribution is 2.36. The summed E-state index contributed by atoms with van der Waals surface area (Å²) in [7, 11) is 3.00. The number of nitrogens with one attached hydrogen (secondary N) is 1. The van der Waals surface area contributed by atoms with E-state index < -0.39 is 5.91 Å². The first-order chi connectivity index (χ1) is 12.9. The van der Waals surface area contributed by atoms with Gasteiger partial charge in [0.2, 0.25) is 5.91 Å². The summed E-state index contributed by atoms with van der Waals surface area (Å²) in [4.78, 5) is 22.7. The van der Waals surface area contributed by atoms with E-state index in [4.69, 9.17) is 31.5 Å². The van der Waals surface area contributed by atoms with Crippen LogP contribution < -0.4 is 25.3 Å². The first kappa shape index (κ1) is 20.1. The Morgan fingerprint density at radius 3 is 2.44 bits per heavy atom. The predicted molar refractivity (Wildman–Crippen MR) is 103 cm³/mol. The minimum absolute atomic E-state index is 0.206. The number of nitrogens with two attached hydrogens (primary N) is 1. The van der Waals surface area contributed by atoms with Crippen LogP contribution in [0.2, 0.25) is 5.02 Å². The van der Waals surface area contributed by atoms with Gasteiger partial charge in [0, 0.05) is 11.8 Å². The van der Waals surface area contributed by atoms with E-state index in [0.717, 1.165) is 0 Å². The normalized spacial score (nSPS) is 10.5. The van der Waals surface area contributed by atoms with Gasteiger partial charge in [-0.1, -0.05) is 11.6 Å². The van der Waals surface area contributed by atoms with Crippen molar-refractivity contribution in [2.24, 2.45) is 5.73 Å². The van der Waals surface area contributed by atoms with Crippen LogP contribution in [0.15, 0.2) is 42.5 Å². The lowest BCUT2D eigenvalue weighted by atomic mass is 10.2. The molecule has 142 valence electrons. The van der Waals surface area contributed by atoms with Crippen molar-refractivity contribution in [3.63, 3.8) is 0 Å². The van der Waals surface area contributed by atoms with Crippen LogP contribution >= 0.6 is 11.6 Å². The third kappa shape index (κ3) is 5.93. The second-order valence-electron chi connectivity index (χ2n) is 5.34. The fourth-order valence-corrected chi connectivity index (χ4v) is 2.48. The average molecular weight is 391 g/mol. The summed E-state index contributed by atoms with van der Waals surface area (Å²) < 4.78 is 15.5. The molecule has 8 heteroatoms. The highest BCUT2D eigenvalue weighted by molar-refractivity contribution is 6.32. The SMILES string of the molecule is COc1cc(/C=C/C(=O)Nc2ccc(OCC(N)=O)cc2)cc(Cl)c1OC. The van der Waals surface area contributed by atoms with Gasteiger partial charge in [-0.15, -0.1) is 0 Å². The van der Waals surface area contributed by atoms with Crippen molar-refractivity contribution in [1.82, 2.24) is 0 Å². The molecular weight excluding hydrogens is 372 g/mol. The molecule has 0 fully saturated rings. The molecule has 0 aliphatic rings. The summed E-state index contributed by atoms with van der Waals surface area (Å²) >= 11 is 6.14. The van der Waals surface area contributed by atoms with Crippen LogP contribution in [0.25, 0.3) is 6.08 Å². The van der Waals surface area contributed by atoms with Gasteiger partial charge in [-0.2, -0.15) is 0 Å². The maximum absolute atomic E-state index is 12.1. The summed E-state index contributed by atoms with van der Waals surface area (Å²) in [6.07, 6.45) is 2.97. The molecule has 2 rings (SSSR count). The summed E-state index contributed by atoms with van der Waals surface area (Å²) in [5, 5.41) is 3.09. The minimum Gasteiger partial charge on any atom is -0.493 e. The van der Waals surface area contributed by atoms with Gasteiger partial charge in [0.05, 0.1) is 19.2 Å². The Kier molecular flexibility index (Phi) is 7.08. The number of carbonyl (C=O) groups excluding carboxylic acids is 2.